The number of hydrogen-bond acceptors (Lipinski definition) is 6. The maximum Gasteiger partial charge on any atom is 0.339 e. The predicted molar refractivity (Wildman–Crippen MR) is 111 cm³/mol. The van der Waals surface area contributed by atoms with E-state index >= 15 is 0 Å². The van der Waals surface area contributed by atoms with Crippen molar-refractivity contribution in [1.82, 2.24) is 19.4 Å². The third-order valence-electron chi connectivity index (χ3n) is 6.04. The SMILES string of the molecule is COC(=O)c1cncc(C(=O)N2C[C@H]3C[C@@H](C2)[C@H](CN(C)C)n2c3cccc2=O)c1. The van der Waals surface area contributed by atoms with Crippen LogP contribution in [0.4, 0.5) is 0 Å². The molecular formula is C22H26N4O4. The molecule has 0 aliphatic carbocycles. The number of esters is 1. The zero-order chi connectivity index (χ0) is 21.4. The molecule has 0 unspecified atom stereocenters. The minimum Gasteiger partial charge on any atom is -0.465 e. The van der Waals surface area contributed by atoms with E-state index in [1.165, 1.54) is 25.6 Å². The average molecular weight is 410 g/mol. The van der Waals surface area contributed by atoms with Crippen LogP contribution in [0.5, 0.6) is 0 Å². The van der Waals surface area contributed by atoms with E-state index in [1.54, 1.807) is 12.1 Å². The number of amides is 1. The van der Waals surface area contributed by atoms with Gasteiger partial charge in [-0.3, -0.25) is 14.6 Å². The molecule has 2 aliphatic heterocycles. The molecule has 0 N–H and O–H groups in total. The van der Waals surface area contributed by atoms with Gasteiger partial charge >= 0.3 is 5.97 Å². The minimum atomic E-state index is -0.521. The van der Waals surface area contributed by atoms with E-state index in [-0.39, 0.29) is 34.9 Å². The number of piperidine rings is 1. The molecule has 1 amide bonds. The van der Waals surface area contributed by atoms with Gasteiger partial charge in [0, 0.05) is 49.7 Å². The highest BCUT2D eigenvalue weighted by Crippen LogP contribution is 2.41. The summed E-state index contributed by atoms with van der Waals surface area (Å²) in [5.74, 6) is -0.387. The summed E-state index contributed by atoms with van der Waals surface area (Å²) in [4.78, 5) is 45.7. The Balaban J connectivity index is 1.66. The van der Waals surface area contributed by atoms with Crippen molar-refractivity contribution in [2.45, 2.75) is 18.4 Å². The van der Waals surface area contributed by atoms with Crippen molar-refractivity contribution in [3.8, 4) is 0 Å². The summed E-state index contributed by atoms with van der Waals surface area (Å²) in [6, 6.07) is 6.95. The molecule has 8 heteroatoms. The van der Waals surface area contributed by atoms with Crippen LogP contribution in [-0.4, -0.2) is 72.1 Å². The maximum absolute atomic E-state index is 13.3. The Labute approximate surface area is 175 Å². The Morgan fingerprint density at radius 2 is 1.97 bits per heavy atom. The molecule has 2 aromatic heterocycles. The summed E-state index contributed by atoms with van der Waals surface area (Å²) < 4.78 is 6.67. The zero-order valence-electron chi connectivity index (χ0n) is 17.4. The van der Waals surface area contributed by atoms with Gasteiger partial charge in [0.1, 0.15) is 0 Å². The second-order valence-corrected chi connectivity index (χ2v) is 8.35. The Hall–Kier alpha value is -3.00. The van der Waals surface area contributed by atoms with Gasteiger partial charge < -0.3 is 19.1 Å². The number of rotatable bonds is 4. The Morgan fingerprint density at radius 1 is 1.20 bits per heavy atom. The monoisotopic (exact) mass is 410 g/mol. The summed E-state index contributed by atoms with van der Waals surface area (Å²) in [5, 5.41) is 0. The fraction of sp³-hybridized carbons (Fsp3) is 0.455. The molecule has 0 saturated carbocycles. The number of carbonyl (C=O) groups is 2. The molecule has 4 rings (SSSR count). The topological polar surface area (TPSA) is 84.7 Å². The molecule has 0 spiro atoms. The molecule has 4 heterocycles. The van der Waals surface area contributed by atoms with Crippen molar-refractivity contribution in [3.05, 3.63) is 63.8 Å². The van der Waals surface area contributed by atoms with Crippen LogP contribution in [0.3, 0.4) is 0 Å². The molecule has 158 valence electrons. The van der Waals surface area contributed by atoms with Crippen LogP contribution in [0.1, 0.15) is 44.8 Å². The molecule has 3 atom stereocenters. The van der Waals surface area contributed by atoms with E-state index < -0.39 is 5.97 Å². The third kappa shape index (κ3) is 3.63. The summed E-state index contributed by atoms with van der Waals surface area (Å²) in [5.41, 5.74) is 1.63. The van der Waals surface area contributed by atoms with Crippen molar-refractivity contribution in [2.75, 3.05) is 40.8 Å². The van der Waals surface area contributed by atoms with Gasteiger partial charge in [0.25, 0.3) is 11.5 Å². The van der Waals surface area contributed by atoms with Crippen molar-refractivity contribution in [1.29, 1.82) is 0 Å². The lowest BCUT2D eigenvalue weighted by Gasteiger charge is -2.47. The van der Waals surface area contributed by atoms with Gasteiger partial charge in [-0.15, -0.1) is 0 Å². The van der Waals surface area contributed by atoms with E-state index in [0.717, 1.165) is 18.7 Å². The number of methoxy groups -OCH3 is 1. The van der Waals surface area contributed by atoms with E-state index in [1.807, 2.05) is 29.6 Å². The van der Waals surface area contributed by atoms with Crippen LogP contribution < -0.4 is 5.56 Å². The lowest BCUT2D eigenvalue weighted by molar-refractivity contribution is 0.0498. The second-order valence-electron chi connectivity index (χ2n) is 8.35. The number of likely N-dealkylation sites (N-methyl/N-ethyl adjacent to an activating group) is 1. The van der Waals surface area contributed by atoms with Gasteiger partial charge in [-0.1, -0.05) is 6.07 Å². The van der Waals surface area contributed by atoms with Crippen LogP contribution in [0.25, 0.3) is 0 Å². The Bertz CT molecular complexity index is 1030. The van der Waals surface area contributed by atoms with Crippen molar-refractivity contribution in [2.24, 2.45) is 5.92 Å². The fourth-order valence-electron chi connectivity index (χ4n) is 4.79. The quantitative estimate of drug-likeness (QED) is 0.709. The van der Waals surface area contributed by atoms with Crippen LogP contribution in [0, 0.1) is 5.92 Å². The van der Waals surface area contributed by atoms with Gasteiger partial charge in [-0.05, 0) is 38.6 Å². The smallest absolute Gasteiger partial charge is 0.339 e. The van der Waals surface area contributed by atoms with E-state index in [2.05, 4.69) is 9.88 Å². The van der Waals surface area contributed by atoms with Gasteiger partial charge in [0.15, 0.2) is 0 Å². The number of hydrogen-bond donors (Lipinski definition) is 0. The molecule has 1 fully saturated rings. The lowest BCUT2D eigenvalue weighted by Crippen LogP contribution is -2.52. The van der Waals surface area contributed by atoms with E-state index in [4.69, 9.17) is 4.74 Å². The second kappa shape index (κ2) is 8.02. The lowest BCUT2D eigenvalue weighted by atomic mass is 9.78. The number of aromatic nitrogens is 2. The number of pyridine rings is 2. The van der Waals surface area contributed by atoms with Crippen LogP contribution in [0.15, 0.2) is 41.5 Å². The first-order valence-corrected chi connectivity index (χ1v) is 10.1. The molecule has 0 radical (unpaired) electrons. The first kappa shape index (κ1) is 20.3. The molecule has 1 saturated heterocycles. The Morgan fingerprint density at radius 3 is 2.70 bits per heavy atom. The number of fused-ring (bicyclic) bond motifs is 4. The highest BCUT2D eigenvalue weighted by atomic mass is 16.5. The Kier molecular flexibility index (Phi) is 5.42. The van der Waals surface area contributed by atoms with Gasteiger partial charge in [-0.25, -0.2) is 4.79 Å². The van der Waals surface area contributed by atoms with Gasteiger partial charge in [-0.2, -0.15) is 0 Å². The number of ether oxygens (including phenoxy) is 1. The van der Waals surface area contributed by atoms with Crippen LogP contribution >= 0.6 is 0 Å². The van der Waals surface area contributed by atoms with Crippen molar-refractivity contribution in [3.63, 3.8) is 0 Å². The molecule has 30 heavy (non-hydrogen) atoms. The number of nitrogens with zero attached hydrogens (tertiary/aromatic N) is 4. The average Bonchev–Trinajstić information content (AvgIpc) is 2.75. The van der Waals surface area contributed by atoms with Crippen LogP contribution in [0.2, 0.25) is 0 Å². The molecule has 2 aliphatic rings. The zero-order valence-corrected chi connectivity index (χ0v) is 17.4. The van der Waals surface area contributed by atoms with E-state index in [9.17, 15) is 14.4 Å². The maximum atomic E-state index is 13.3. The summed E-state index contributed by atoms with van der Waals surface area (Å²) in [7, 11) is 5.29. The standard InChI is InChI=1S/C22H26N4O4/c1-24(2)13-19-17-8-16(18-5-4-6-20(27)26(18)19)11-25(12-17)21(28)14-7-15(10-23-9-14)22(29)30-3/h4-7,9-10,16-17,19H,8,11-13H2,1-3H3/t16-,17+,19+/m1/s1. The first-order valence-electron chi connectivity index (χ1n) is 10.1. The molecule has 8 nitrogen and oxygen atoms in total. The predicted octanol–water partition coefficient (Wildman–Crippen LogP) is 1.39. The molecule has 2 bridgehead atoms. The van der Waals surface area contributed by atoms with Gasteiger partial charge in [0.2, 0.25) is 0 Å². The number of likely N-dealkylation sites (tertiary alicyclic amines) is 1. The molecular weight excluding hydrogens is 384 g/mol. The summed E-state index contributed by atoms with van der Waals surface area (Å²) in [6.45, 7) is 1.84. The summed E-state index contributed by atoms with van der Waals surface area (Å²) in [6.07, 6.45) is 3.82. The van der Waals surface area contributed by atoms with Crippen molar-refractivity contribution >= 4 is 11.9 Å². The highest BCUT2D eigenvalue weighted by Gasteiger charge is 2.42. The van der Waals surface area contributed by atoms with Gasteiger partial charge in [0.05, 0.1) is 24.3 Å². The van der Waals surface area contributed by atoms with Crippen molar-refractivity contribution < 1.29 is 14.3 Å². The third-order valence-corrected chi connectivity index (χ3v) is 6.04. The molecule has 0 aromatic carbocycles. The fourth-order valence-corrected chi connectivity index (χ4v) is 4.79. The highest BCUT2D eigenvalue weighted by molar-refractivity contribution is 5.97. The van der Waals surface area contributed by atoms with E-state index in [0.29, 0.717) is 18.7 Å². The van der Waals surface area contributed by atoms with Crippen LogP contribution in [-0.2, 0) is 4.74 Å². The molecule has 2 aromatic rings. The number of carbonyl (C=O) groups excluding carboxylic acids is 2. The normalized spacial score (nSPS) is 22.5. The first-order chi connectivity index (χ1) is 14.4. The largest absolute Gasteiger partial charge is 0.465 e. The minimum absolute atomic E-state index is 0.00933. The summed E-state index contributed by atoms with van der Waals surface area (Å²) >= 11 is 0.